The highest BCUT2D eigenvalue weighted by Crippen LogP contribution is 2.39. The molecule has 1 fully saturated rings. The molecule has 0 radical (unpaired) electrons. The van der Waals surface area contributed by atoms with Crippen LogP contribution >= 0.6 is 0 Å². The second-order valence-corrected chi connectivity index (χ2v) is 10.4. The lowest BCUT2D eigenvalue weighted by Crippen LogP contribution is -2.60. The van der Waals surface area contributed by atoms with E-state index in [-0.39, 0.29) is 11.8 Å². The first kappa shape index (κ1) is 30.0. The van der Waals surface area contributed by atoms with Crippen LogP contribution in [0.1, 0.15) is 29.5 Å². The van der Waals surface area contributed by atoms with Crippen LogP contribution in [0.5, 0.6) is 28.7 Å². The molecule has 1 heterocycles. The van der Waals surface area contributed by atoms with E-state index in [2.05, 4.69) is 4.90 Å². The van der Waals surface area contributed by atoms with E-state index in [1.165, 1.54) is 0 Å². The summed E-state index contributed by atoms with van der Waals surface area (Å²) < 4.78 is 27.5. The van der Waals surface area contributed by atoms with E-state index in [9.17, 15) is 9.59 Å². The van der Waals surface area contributed by atoms with Gasteiger partial charge in [0.15, 0.2) is 23.0 Å². The average Bonchev–Trinajstić information content (AvgIpc) is 3.20. The van der Waals surface area contributed by atoms with Crippen LogP contribution < -0.4 is 23.7 Å². The van der Waals surface area contributed by atoms with E-state index in [0.717, 1.165) is 29.5 Å². The molecule has 2 aromatic carbocycles. The summed E-state index contributed by atoms with van der Waals surface area (Å²) in [4.78, 5) is 32.9. The minimum absolute atomic E-state index is 0.0970. The molecule has 0 N–H and O–H groups in total. The summed E-state index contributed by atoms with van der Waals surface area (Å²) in [5, 5.41) is 0. The van der Waals surface area contributed by atoms with Gasteiger partial charge in [0.05, 0.1) is 35.5 Å². The normalized spacial score (nSPS) is 17.1. The summed E-state index contributed by atoms with van der Waals surface area (Å²) >= 11 is 0. The second-order valence-electron chi connectivity index (χ2n) is 10.4. The lowest BCUT2D eigenvalue weighted by Gasteiger charge is -2.41. The average molecular weight is 568 g/mol. The van der Waals surface area contributed by atoms with Crippen LogP contribution in [0.3, 0.4) is 0 Å². The third-order valence-corrected chi connectivity index (χ3v) is 7.72. The van der Waals surface area contributed by atoms with Gasteiger partial charge in [-0.1, -0.05) is 0 Å². The summed E-state index contributed by atoms with van der Waals surface area (Å²) in [6.45, 7) is 2.03. The topological polar surface area (TPSA) is 90.0 Å². The van der Waals surface area contributed by atoms with Crippen LogP contribution in [0, 0.1) is 0 Å². The Hall–Kier alpha value is -3.92. The van der Waals surface area contributed by atoms with Crippen LogP contribution in [-0.2, 0) is 22.6 Å². The van der Waals surface area contributed by atoms with Crippen LogP contribution in [0.15, 0.2) is 29.8 Å². The molecule has 0 aromatic heterocycles. The molecule has 2 aromatic rings. The zero-order chi connectivity index (χ0) is 29.7. The van der Waals surface area contributed by atoms with Gasteiger partial charge in [-0.05, 0) is 66.3 Å². The number of carbonyl (C=O) groups excluding carboxylic acids is 2. The summed E-state index contributed by atoms with van der Waals surface area (Å²) in [6.07, 6.45) is 4.23. The molecule has 1 saturated heterocycles. The summed E-state index contributed by atoms with van der Waals surface area (Å²) in [6, 6.07) is 7.13. The first-order chi connectivity index (χ1) is 19.7. The maximum absolute atomic E-state index is 14.0. The highest BCUT2D eigenvalue weighted by Gasteiger charge is 2.37. The van der Waals surface area contributed by atoms with Crippen molar-refractivity contribution in [2.45, 2.75) is 31.8 Å². The highest BCUT2D eigenvalue weighted by atomic mass is 16.5. The Kier molecular flexibility index (Phi) is 9.65. The van der Waals surface area contributed by atoms with Crippen LogP contribution in [0.4, 0.5) is 0 Å². The molecule has 0 bridgehead atoms. The monoisotopic (exact) mass is 567 g/mol. The molecule has 2 amide bonds. The number of hydrogen-bond donors (Lipinski definition) is 0. The molecular formula is C31H41N3O7. The predicted octanol–water partition coefficient (Wildman–Crippen LogP) is 3.25. The maximum atomic E-state index is 14.0. The third-order valence-electron chi connectivity index (χ3n) is 7.72. The molecular weight excluding hydrogens is 526 g/mol. The fourth-order valence-electron chi connectivity index (χ4n) is 5.59. The van der Waals surface area contributed by atoms with Gasteiger partial charge in [-0.15, -0.1) is 0 Å². The van der Waals surface area contributed by atoms with Crippen molar-refractivity contribution in [3.63, 3.8) is 0 Å². The molecule has 10 nitrogen and oxygen atoms in total. The number of piperazine rings is 1. The van der Waals surface area contributed by atoms with Gasteiger partial charge < -0.3 is 33.5 Å². The number of fused-ring (bicyclic) bond motifs is 1. The van der Waals surface area contributed by atoms with E-state index in [1.54, 1.807) is 59.4 Å². The highest BCUT2D eigenvalue weighted by molar-refractivity contribution is 6.01. The van der Waals surface area contributed by atoms with Crippen molar-refractivity contribution in [1.82, 2.24) is 14.7 Å². The Balaban J connectivity index is 1.59. The number of amides is 2. The Labute approximate surface area is 242 Å². The Morgan fingerprint density at radius 3 is 2.05 bits per heavy atom. The van der Waals surface area contributed by atoms with Crippen molar-refractivity contribution in [3.8, 4) is 28.7 Å². The largest absolute Gasteiger partial charge is 0.493 e. The number of rotatable bonds is 9. The number of nitrogens with zero attached hydrogens (tertiary/aromatic N) is 3. The third kappa shape index (κ3) is 6.37. The van der Waals surface area contributed by atoms with Gasteiger partial charge in [-0.2, -0.15) is 0 Å². The molecule has 4 rings (SSSR count). The maximum Gasteiger partial charge on any atom is 0.250 e. The molecule has 0 spiro atoms. The smallest absolute Gasteiger partial charge is 0.250 e. The Morgan fingerprint density at radius 2 is 1.46 bits per heavy atom. The second kappa shape index (κ2) is 13.2. The predicted molar refractivity (Wildman–Crippen MR) is 156 cm³/mol. The number of likely N-dealkylation sites (N-methyl/N-ethyl adjacent to an activating group) is 1. The minimum Gasteiger partial charge on any atom is -0.493 e. The molecule has 1 unspecified atom stereocenters. The summed E-state index contributed by atoms with van der Waals surface area (Å²) in [5.74, 6) is 2.78. The molecule has 10 heteroatoms. The van der Waals surface area contributed by atoms with Crippen molar-refractivity contribution >= 4 is 17.9 Å². The van der Waals surface area contributed by atoms with Gasteiger partial charge in [-0.25, -0.2) is 0 Å². The molecule has 1 aliphatic heterocycles. The number of methoxy groups -OCH3 is 5. The number of benzene rings is 2. The van der Waals surface area contributed by atoms with Gasteiger partial charge >= 0.3 is 0 Å². The minimum atomic E-state index is -0.609. The van der Waals surface area contributed by atoms with Crippen LogP contribution in [-0.4, -0.2) is 102 Å². The van der Waals surface area contributed by atoms with E-state index >= 15 is 0 Å². The molecule has 222 valence electrons. The summed E-state index contributed by atoms with van der Waals surface area (Å²) in [7, 11) is 11.4. The quantitative estimate of drug-likeness (QED) is 0.456. The standard InChI is InChI=1S/C31H41N3O7/c1-32(2)31(36)24-19-33(18-20-13-27(39-5)29(41-7)28(14-20)40-6)11-12-34(24)30(35)22-10-8-9-21-16-25(37-3)26(38-4)17-23(21)15-22/h13-17,24H,8-12,18-19H2,1-7H3. The SMILES string of the molecule is COc1cc2c(cc1OC)CCCC(C(=O)N1CCN(Cc3cc(OC)c(OC)c(OC)c3)CC1C(=O)N(C)C)=C2. The van der Waals surface area contributed by atoms with Crippen LogP contribution in [0.25, 0.3) is 6.08 Å². The molecule has 0 saturated carbocycles. The Morgan fingerprint density at radius 1 is 0.829 bits per heavy atom. The van der Waals surface area contributed by atoms with Crippen molar-refractivity contribution in [2.24, 2.45) is 0 Å². The van der Waals surface area contributed by atoms with E-state index in [0.29, 0.717) is 66.9 Å². The fourth-order valence-corrected chi connectivity index (χ4v) is 5.59. The molecule has 41 heavy (non-hydrogen) atoms. The van der Waals surface area contributed by atoms with Gasteiger partial charge in [-0.3, -0.25) is 14.5 Å². The number of carbonyl (C=O) groups is 2. The fraction of sp³-hybridized carbons (Fsp3) is 0.484. The first-order valence-electron chi connectivity index (χ1n) is 13.7. The van der Waals surface area contributed by atoms with Crippen molar-refractivity contribution < 1.29 is 33.3 Å². The van der Waals surface area contributed by atoms with E-state index in [1.807, 2.05) is 30.3 Å². The van der Waals surface area contributed by atoms with E-state index in [4.69, 9.17) is 23.7 Å². The van der Waals surface area contributed by atoms with Gasteiger partial charge in [0.2, 0.25) is 11.7 Å². The molecule has 2 aliphatic rings. The van der Waals surface area contributed by atoms with Crippen LogP contribution in [0.2, 0.25) is 0 Å². The van der Waals surface area contributed by atoms with Crippen molar-refractivity contribution in [2.75, 3.05) is 69.3 Å². The Bertz CT molecular complexity index is 1280. The lowest BCUT2D eigenvalue weighted by molar-refractivity contribution is -0.146. The number of aryl methyl sites for hydroxylation is 1. The lowest BCUT2D eigenvalue weighted by atomic mass is 10.0. The summed E-state index contributed by atoms with van der Waals surface area (Å²) in [5.41, 5.74) is 3.72. The molecule has 1 aliphatic carbocycles. The first-order valence-corrected chi connectivity index (χ1v) is 13.7. The zero-order valence-corrected chi connectivity index (χ0v) is 25.1. The van der Waals surface area contributed by atoms with Gasteiger partial charge in [0.1, 0.15) is 6.04 Å². The number of hydrogen-bond acceptors (Lipinski definition) is 8. The van der Waals surface area contributed by atoms with Gasteiger partial charge in [0, 0.05) is 45.8 Å². The van der Waals surface area contributed by atoms with Crippen molar-refractivity contribution in [1.29, 1.82) is 0 Å². The van der Waals surface area contributed by atoms with E-state index < -0.39 is 6.04 Å². The molecule has 1 atom stereocenters. The zero-order valence-electron chi connectivity index (χ0n) is 25.1. The van der Waals surface area contributed by atoms with Gasteiger partial charge in [0.25, 0.3) is 5.91 Å². The number of ether oxygens (including phenoxy) is 5. The van der Waals surface area contributed by atoms with Crippen molar-refractivity contribution in [3.05, 3.63) is 46.5 Å².